The summed E-state index contributed by atoms with van der Waals surface area (Å²) in [6.45, 7) is 7.77. The molecule has 0 bridgehead atoms. The molecule has 5 heteroatoms. The first-order valence-electron chi connectivity index (χ1n) is 6.39. The second kappa shape index (κ2) is 5.30. The molecule has 1 amide bonds. The fourth-order valence-corrected chi connectivity index (χ4v) is 1.97. The molecule has 5 nitrogen and oxygen atoms in total. The molecule has 0 aliphatic heterocycles. The van der Waals surface area contributed by atoms with Gasteiger partial charge in [0.25, 0.3) is 5.91 Å². The summed E-state index contributed by atoms with van der Waals surface area (Å²) in [5, 5.41) is 2.89. The number of H-pyrrole nitrogens is 1. The molecule has 0 aliphatic rings. The quantitative estimate of drug-likeness (QED) is 0.889. The molecule has 2 heterocycles. The number of aromatic nitrogens is 2. The van der Waals surface area contributed by atoms with Crippen molar-refractivity contribution < 1.29 is 9.21 Å². The molecule has 19 heavy (non-hydrogen) atoms. The van der Waals surface area contributed by atoms with Gasteiger partial charge in [0.1, 0.15) is 11.8 Å². The lowest BCUT2D eigenvalue weighted by Crippen LogP contribution is -2.27. The Balaban J connectivity index is 2.10. The molecular weight excluding hydrogens is 242 g/mol. The zero-order chi connectivity index (χ0) is 14.0. The lowest BCUT2D eigenvalue weighted by Gasteiger charge is -2.12. The molecule has 0 radical (unpaired) electrons. The maximum Gasteiger partial charge on any atom is 0.253 e. The molecule has 2 N–H and O–H groups in total. The number of hydrogen-bond donors (Lipinski definition) is 2. The highest BCUT2D eigenvalue weighted by Gasteiger charge is 2.19. The fraction of sp³-hybridized carbons (Fsp3) is 0.429. The standard InChI is InChI=1S/C14H19N3O2/c1-8(2)12-11(5-6-15-12)13(18)17-10(4)14-16-7-9(3)19-14/h5-8,10,15H,1-4H3,(H,17,18). The van der Waals surface area contributed by atoms with Crippen molar-refractivity contribution in [3.8, 4) is 0 Å². The third-order valence-corrected chi connectivity index (χ3v) is 2.96. The number of oxazole rings is 1. The van der Waals surface area contributed by atoms with Crippen molar-refractivity contribution in [2.75, 3.05) is 0 Å². The molecule has 1 unspecified atom stereocenters. The van der Waals surface area contributed by atoms with Gasteiger partial charge in [-0.25, -0.2) is 4.98 Å². The number of rotatable bonds is 4. The lowest BCUT2D eigenvalue weighted by atomic mass is 10.1. The van der Waals surface area contributed by atoms with Gasteiger partial charge in [0.2, 0.25) is 5.89 Å². The summed E-state index contributed by atoms with van der Waals surface area (Å²) in [6.07, 6.45) is 3.43. The number of nitrogens with zero attached hydrogens (tertiary/aromatic N) is 1. The topological polar surface area (TPSA) is 70.9 Å². The van der Waals surface area contributed by atoms with Crippen LogP contribution in [0.5, 0.6) is 0 Å². The van der Waals surface area contributed by atoms with Crippen LogP contribution in [0.1, 0.15) is 60.4 Å². The lowest BCUT2D eigenvalue weighted by molar-refractivity contribution is 0.0932. The van der Waals surface area contributed by atoms with Gasteiger partial charge in [-0.05, 0) is 25.8 Å². The Bertz CT molecular complexity index is 569. The van der Waals surface area contributed by atoms with Crippen molar-refractivity contribution in [1.29, 1.82) is 0 Å². The van der Waals surface area contributed by atoms with Crippen LogP contribution in [0.15, 0.2) is 22.9 Å². The van der Waals surface area contributed by atoms with Gasteiger partial charge in [-0.3, -0.25) is 4.79 Å². The molecule has 102 valence electrons. The fourth-order valence-electron chi connectivity index (χ4n) is 1.97. The molecule has 2 rings (SSSR count). The van der Waals surface area contributed by atoms with Gasteiger partial charge < -0.3 is 14.7 Å². The first-order valence-corrected chi connectivity index (χ1v) is 6.39. The summed E-state index contributed by atoms with van der Waals surface area (Å²) in [5.74, 6) is 1.41. The predicted molar refractivity (Wildman–Crippen MR) is 72.0 cm³/mol. The number of nitrogens with one attached hydrogen (secondary N) is 2. The number of hydrogen-bond acceptors (Lipinski definition) is 3. The van der Waals surface area contributed by atoms with E-state index in [2.05, 4.69) is 15.3 Å². The van der Waals surface area contributed by atoms with Gasteiger partial charge in [0.05, 0.1) is 11.8 Å². The van der Waals surface area contributed by atoms with E-state index in [-0.39, 0.29) is 17.9 Å². The normalized spacial score (nSPS) is 12.7. The van der Waals surface area contributed by atoms with E-state index in [1.807, 2.05) is 27.7 Å². The monoisotopic (exact) mass is 261 g/mol. The zero-order valence-corrected chi connectivity index (χ0v) is 11.7. The summed E-state index contributed by atoms with van der Waals surface area (Å²) in [7, 11) is 0. The molecule has 0 aliphatic carbocycles. The molecule has 1 atom stereocenters. The largest absolute Gasteiger partial charge is 0.444 e. The average molecular weight is 261 g/mol. The number of aryl methyl sites for hydroxylation is 1. The molecule has 0 spiro atoms. The van der Waals surface area contributed by atoms with E-state index in [1.165, 1.54) is 0 Å². The van der Waals surface area contributed by atoms with Crippen LogP contribution in [0, 0.1) is 6.92 Å². The minimum Gasteiger partial charge on any atom is -0.444 e. The molecule has 2 aromatic heterocycles. The van der Waals surface area contributed by atoms with Gasteiger partial charge in [0.15, 0.2) is 0 Å². The van der Waals surface area contributed by atoms with Crippen LogP contribution in [0.3, 0.4) is 0 Å². The molecular formula is C14H19N3O2. The second-order valence-electron chi connectivity index (χ2n) is 4.96. The SMILES string of the molecule is Cc1cnc(C(C)NC(=O)c2cc[nH]c2C(C)C)o1. The molecule has 2 aromatic rings. The number of carbonyl (C=O) groups excluding carboxylic acids is 1. The predicted octanol–water partition coefficient (Wildman–Crippen LogP) is 2.93. The van der Waals surface area contributed by atoms with Crippen molar-refractivity contribution in [2.24, 2.45) is 0 Å². The number of aromatic amines is 1. The van der Waals surface area contributed by atoms with Gasteiger partial charge in [-0.2, -0.15) is 0 Å². The van der Waals surface area contributed by atoms with Crippen molar-refractivity contribution >= 4 is 5.91 Å². The van der Waals surface area contributed by atoms with Crippen LogP contribution in [-0.4, -0.2) is 15.9 Å². The molecule has 0 aromatic carbocycles. The Kier molecular flexibility index (Phi) is 3.74. The van der Waals surface area contributed by atoms with Gasteiger partial charge in [-0.1, -0.05) is 13.8 Å². The second-order valence-corrected chi connectivity index (χ2v) is 4.96. The van der Waals surface area contributed by atoms with E-state index in [1.54, 1.807) is 18.5 Å². The highest BCUT2D eigenvalue weighted by molar-refractivity contribution is 5.95. The maximum atomic E-state index is 12.2. The Labute approximate surface area is 112 Å². The van der Waals surface area contributed by atoms with E-state index < -0.39 is 0 Å². The minimum atomic E-state index is -0.254. The highest BCUT2D eigenvalue weighted by Crippen LogP contribution is 2.19. The molecule has 0 saturated carbocycles. The highest BCUT2D eigenvalue weighted by atomic mass is 16.4. The summed E-state index contributed by atoms with van der Waals surface area (Å²) in [6, 6.07) is 1.54. The van der Waals surface area contributed by atoms with E-state index in [4.69, 9.17) is 4.42 Å². The van der Waals surface area contributed by atoms with E-state index in [0.717, 1.165) is 11.5 Å². The summed E-state index contributed by atoms with van der Waals surface area (Å²) in [4.78, 5) is 19.4. The summed E-state index contributed by atoms with van der Waals surface area (Å²) >= 11 is 0. The van der Waals surface area contributed by atoms with Crippen molar-refractivity contribution in [2.45, 2.75) is 39.7 Å². The van der Waals surface area contributed by atoms with Crippen molar-refractivity contribution in [3.05, 3.63) is 41.4 Å². The molecule has 0 fully saturated rings. The van der Waals surface area contributed by atoms with Gasteiger partial charge in [0, 0.05) is 11.9 Å². The number of carbonyl (C=O) groups is 1. The van der Waals surface area contributed by atoms with Crippen molar-refractivity contribution in [3.63, 3.8) is 0 Å². The zero-order valence-electron chi connectivity index (χ0n) is 11.7. The Morgan fingerprint density at radius 3 is 2.74 bits per heavy atom. The summed E-state index contributed by atoms with van der Waals surface area (Å²) in [5.41, 5.74) is 1.61. The first kappa shape index (κ1) is 13.4. The Morgan fingerprint density at radius 1 is 1.42 bits per heavy atom. The van der Waals surface area contributed by atoms with E-state index in [0.29, 0.717) is 11.5 Å². The maximum absolute atomic E-state index is 12.2. The van der Waals surface area contributed by atoms with Crippen LogP contribution in [0.4, 0.5) is 0 Å². The van der Waals surface area contributed by atoms with Crippen LogP contribution < -0.4 is 5.32 Å². The van der Waals surface area contributed by atoms with Gasteiger partial charge in [-0.15, -0.1) is 0 Å². The van der Waals surface area contributed by atoms with Crippen LogP contribution in [0.25, 0.3) is 0 Å². The third kappa shape index (κ3) is 2.86. The molecule has 0 saturated heterocycles. The minimum absolute atomic E-state index is 0.117. The Hall–Kier alpha value is -2.04. The number of amides is 1. The third-order valence-electron chi connectivity index (χ3n) is 2.96. The Morgan fingerprint density at radius 2 is 2.16 bits per heavy atom. The van der Waals surface area contributed by atoms with Crippen LogP contribution in [-0.2, 0) is 0 Å². The van der Waals surface area contributed by atoms with Crippen molar-refractivity contribution in [1.82, 2.24) is 15.3 Å². The summed E-state index contributed by atoms with van der Waals surface area (Å²) < 4.78 is 5.41. The van der Waals surface area contributed by atoms with Gasteiger partial charge >= 0.3 is 0 Å². The van der Waals surface area contributed by atoms with E-state index in [9.17, 15) is 4.79 Å². The van der Waals surface area contributed by atoms with E-state index >= 15 is 0 Å². The first-order chi connectivity index (χ1) is 8.99. The smallest absolute Gasteiger partial charge is 0.253 e. The van der Waals surface area contributed by atoms with Crippen LogP contribution in [0.2, 0.25) is 0 Å². The van der Waals surface area contributed by atoms with Crippen LogP contribution >= 0.6 is 0 Å². The average Bonchev–Trinajstić information content (AvgIpc) is 2.96.